The van der Waals surface area contributed by atoms with Crippen LogP contribution >= 0.6 is 11.3 Å². The first-order chi connectivity index (χ1) is 25.3. The summed E-state index contributed by atoms with van der Waals surface area (Å²) >= 11 is 1.88. The van der Waals surface area contributed by atoms with Gasteiger partial charge in [-0.3, -0.25) is 0 Å². The van der Waals surface area contributed by atoms with Gasteiger partial charge in [0.2, 0.25) is 0 Å². The zero-order chi connectivity index (χ0) is 33.7. The van der Waals surface area contributed by atoms with Crippen molar-refractivity contribution in [2.24, 2.45) is 0 Å². The SMILES string of the molecule is c1ccc(-c2ccc(N(c3ccccc3)c3cccc4c3c3ccccc3n4-c3ccccc3)cc2-c2cccc3c2sc2ccccc23)cc1. The third-order valence-corrected chi connectivity index (χ3v) is 11.2. The number of aromatic nitrogens is 1. The number of thiophene rings is 1. The molecule has 3 heteroatoms. The van der Waals surface area contributed by atoms with E-state index in [1.807, 2.05) is 11.3 Å². The van der Waals surface area contributed by atoms with Gasteiger partial charge in [-0.1, -0.05) is 133 Å². The number of rotatable bonds is 6. The van der Waals surface area contributed by atoms with Crippen molar-refractivity contribution in [1.82, 2.24) is 4.57 Å². The average molecular weight is 669 g/mol. The monoisotopic (exact) mass is 668 g/mol. The molecule has 0 bridgehead atoms. The molecule has 0 saturated heterocycles. The molecule has 240 valence electrons. The summed E-state index contributed by atoms with van der Waals surface area (Å²) in [5.41, 5.74) is 11.8. The summed E-state index contributed by atoms with van der Waals surface area (Å²) in [6.45, 7) is 0. The predicted octanol–water partition coefficient (Wildman–Crippen LogP) is 14.0. The van der Waals surface area contributed by atoms with Crippen molar-refractivity contribution in [2.45, 2.75) is 0 Å². The minimum Gasteiger partial charge on any atom is -0.310 e. The molecule has 2 aromatic heterocycles. The van der Waals surface area contributed by atoms with Crippen LogP contribution in [-0.4, -0.2) is 4.57 Å². The van der Waals surface area contributed by atoms with Crippen molar-refractivity contribution in [3.63, 3.8) is 0 Å². The molecule has 0 N–H and O–H groups in total. The Kier molecular flexibility index (Phi) is 7.04. The second-order valence-electron chi connectivity index (χ2n) is 12.9. The van der Waals surface area contributed by atoms with E-state index in [1.165, 1.54) is 64.2 Å². The van der Waals surface area contributed by atoms with E-state index in [1.54, 1.807) is 0 Å². The fourth-order valence-corrected chi connectivity index (χ4v) is 9.00. The summed E-state index contributed by atoms with van der Waals surface area (Å²) in [6.07, 6.45) is 0. The first-order valence-corrected chi connectivity index (χ1v) is 18.2. The summed E-state index contributed by atoms with van der Waals surface area (Å²) in [5, 5.41) is 5.06. The Bertz CT molecular complexity index is 2850. The van der Waals surface area contributed by atoms with Gasteiger partial charge in [0, 0.05) is 53.6 Å². The molecule has 10 aromatic rings. The number of fused-ring (bicyclic) bond motifs is 6. The van der Waals surface area contributed by atoms with Gasteiger partial charge in [-0.25, -0.2) is 0 Å². The molecule has 0 amide bonds. The summed E-state index contributed by atoms with van der Waals surface area (Å²) in [7, 11) is 0. The Morgan fingerprint density at radius 2 is 1.06 bits per heavy atom. The molecule has 0 atom stereocenters. The highest BCUT2D eigenvalue weighted by atomic mass is 32.1. The van der Waals surface area contributed by atoms with E-state index in [9.17, 15) is 0 Å². The normalized spacial score (nSPS) is 11.5. The molecule has 0 saturated carbocycles. The van der Waals surface area contributed by atoms with Gasteiger partial charge >= 0.3 is 0 Å². The van der Waals surface area contributed by atoms with Crippen LogP contribution in [0.5, 0.6) is 0 Å². The van der Waals surface area contributed by atoms with Crippen molar-refractivity contribution in [2.75, 3.05) is 4.90 Å². The van der Waals surface area contributed by atoms with E-state index in [-0.39, 0.29) is 0 Å². The highest BCUT2D eigenvalue weighted by Crippen LogP contribution is 2.47. The second-order valence-corrected chi connectivity index (χ2v) is 14.0. The molecule has 0 radical (unpaired) electrons. The van der Waals surface area contributed by atoms with Gasteiger partial charge in [0.05, 0.1) is 16.7 Å². The van der Waals surface area contributed by atoms with E-state index in [0.717, 1.165) is 22.7 Å². The topological polar surface area (TPSA) is 8.17 Å². The first-order valence-electron chi connectivity index (χ1n) is 17.4. The van der Waals surface area contributed by atoms with Crippen LogP contribution in [0.2, 0.25) is 0 Å². The molecule has 10 rings (SSSR count). The fraction of sp³-hybridized carbons (Fsp3) is 0. The fourth-order valence-electron chi connectivity index (χ4n) is 7.77. The Morgan fingerprint density at radius 3 is 1.88 bits per heavy atom. The molecule has 0 fully saturated rings. The molecule has 8 aromatic carbocycles. The third kappa shape index (κ3) is 4.85. The van der Waals surface area contributed by atoms with Gasteiger partial charge in [0.1, 0.15) is 0 Å². The summed E-state index contributed by atoms with van der Waals surface area (Å²) < 4.78 is 5.01. The van der Waals surface area contributed by atoms with Crippen LogP contribution in [-0.2, 0) is 0 Å². The lowest BCUT2D eigenvalue weighted by molar-refractivity contribution is 1.18. The zero-order valence-electron chi connectivity index (χ0n) is 27.8. The smallest absolute Gasteiger partial charge is 0.0562 e. The average Bonchev–Trinajstić information content (AvgIpc) is 3.76. The number of anilines is 3. The molecular formula is C48H32N2S. The maximum atomic E-state index is 2.44. The maximum Gasteiger partial charge on any atom is 0.0562 e. The van der Waals surface area contributed by atoms with Crippen molar-refractivity contribution in [3.05, 3.63) is 194 Å². The number of benzene rings is 8. The van der Waals surface area contributed by atoms with Crippen LogP contribution in [0.25, 0.3) is 69.9 Å². The lowest BCUT2D eigenvalue weighted by Crippen LogP contribution is -2.10. The van der Waals surface area contributed by atoms with Gasteiger partial charge in [-0.05, 0) is 77.4 Å². The molecule has 0 aliphatic heterocycles. The molecule has 0 unspecified atom stereocenters. The summed E-state index contributed by atoms with van der Waals surface area (Å²) in [6, 6.07) is 70.3. The largest absolute Gasteiger partial charge is 0.310 e. The number of hydrogen-bond acceptors (Lipinski definition) is 2. The van der Waals surface area contributed by atoms with Gasteiger partial charge in [-0.2, -0.15) is 0 Å². The van der Waals surface area contributed by atoms with Crippen molar-refractivity contribution in [3.8, 4) is 27.9 Å². The highest BCUT2D eigenvalue weighted by molar-refractivity contribution is 7.26. The van der Waals surface area contributed by atoms with Crippen LogP contribution < -0.4 is 4.90 Å². The lowest BCUT2D eigenvalue weighted by Gasteiger charge is -2.28. The Morgan fingerprint density at radius 1 is 0.412 bits per heavy atom. The predicted molar refractivity (Wildman–Crippen MR) is 219 cm³/mol. The van der Waals surface area contributed by atoms with Crippen LogP contribution in [0.15, 0.2) is 194 Å². The quantitative estimate of drug-likeness (QED) is 0.171. The lowest BCUT2D eigenvalue weighted by atomic mass is 9.92. The molecule has 51 heavy (non-hydrogen) atoms. The Hall–Kier alpha value is -6.42. The Labute approximate surface area is 300 Å². The highest BCUT2D eigenvalue weighted by Gasteiger charge is 2.23. The zero-order valence-corrected chi connectivity index (χ0v) is 28.6. The molecule has 2 nitrogen and oxygen atoms in total. The standard InChI is InChI=1S/C48H32N2S/c1-4-16-33(17-5-1)37-31-30-36(32-42(37)40-25-14-24-39-38-22-11-13-29-46(38)51-48(39)40)49(34-18-6-2-7-19-34)44-27-15-28-45-47(44)41-23-10-12-26-43(41)50(45)35-20-8-3-9-21-35/h1-32H. The second kappa shape index (κ2) is 12.2. The van der Waals surface area contributed by atoms with Crippen LogP contribution in [0.4, 0.5) is 17.1 Å². The summed E-state index contributed by atoms with van der Waals surface area (Å²) in [5.74, 6) is 0. The Balaban J connectivity index is 1.27. The van der Waals surface area contributed by atoms with Gasteiger partial charge in [0.25, 0.3) is 0 Å². The molecule has 0 aliphatic carbocycles. The van der Waals surface area contributed by atoms with Crippen LogP contribution in [0.1, 0.15) is 0 Å². The van der Waals surface area contributed by atoms with E-state index in [0.29, 0.717) is 0 Å². The third-order valence-electron chi connectivity index (χ3n) is 9.99. The van der Waals surface area contributed by atoms with Gasteiger partial charge in [-0.15, -0.1) is 11.3 Å². The van der Waals surface area contributed by atoms with Crippen molar-refractivity contribution < 1.29 is 0 Å². The van der Waals surface area contributed by atoms with E-state index < -0.39 is 0 Å². The van der Waals surface area contributed by atoms with Crippen LogP contribution in [0.3, 0.4) is 0 Å². The van der Waals surface area contributed by atoms with E-state index >= 15 is 0 Å². The minimum absolute atomic E-state index is 1.11. The molecular weight excluding hydrogens is 637 g/mol. The molecule has 0 spiro atoms. The van der Waals surface area contributed by atoms with Crippen molar-refractivity contribution in [1.29, 1.82) is 0 Å². The molecule has 0 aliphatic rings. The minimum atomic E-state index is 1.11. The van der Waals surface area contributed by atoms with Crippen LogP contribution in [0, 0.1) is 0 Å². The van der Waals surface area contributed by atoms with Crippen molar-refractivity contribution >= 4 is 70.4 Å². The number of para-hydroxylation sites is 3. The van der Waals surface area contributed by atoms with E-state index in [4.69, 9.17) is 0 Å². The van der Waals surface area contributed by atoms with E-state index in [2.05, 4.69) is 204 Å². The van der Waals surface area contributed by atoms with Gasteiger partial charge < -0.3 is 9.47 Å². The summed E-state index contributed by atoms with van der Waals surface area (Å²) in [4.78, 5) is 2.44. The number of nitrogens with zero attached hydrogens (tertiary/aromatic N) is 2. The first kappa shape index (κ1) is 29.5. The van der Waals surface area contributed by atoms with Gasteiger partial charge in [0.15, 0.2) is 0 Å². The number of hydrogen-bond donors (Lipinski definition) is 0. The maximum absolute atomic E-state index is 2.44. The molecule has 2 heterocycles.